The number of rotatable bonds is 6. The maximum atomic E-state index is 13.4. The molecule has 8 heteroatoms. The number of carbonyl (C=O) groups excluding carboxylic acids is 1. The summed E-state index contributed by atoms with van der Waals surface area (Å²) in [4.78, 5) is 22.8. The molecule has 1 fully saturated rings. The molecule has 2 aromatic carbocycles. The predicted octanol–water partition coefficient (Wildman–Crippen LogP) is 4.43. The molecule has 6 nitrogen and oxygen atoms in total. The largest absolute Gasteiger partial charge is 0.480 e. The van der Waals surface area contributed by atoms with Crippen molar-refractivity contribution in [3.63, 3.8) is 0 Å². The summed E-state index contributed by atoms with van der Waals surface area (Å²) in [5, 5.41) is 12.2. The van der Waals surface area contributed by atoms with Crippen LogP contribution in [0.5, 0.6) is 5.75 Å². The second-order valence-corrected chi connectivity index (χ2v) is 8.06. The highest BCUT2D eigenvalue weighted by Gasteiger charge is 2.41. The molecule has 1 heterocycles. The second-order valence-electron chi connectivity index (χ2n) is 7.66. The van der Waals surface area contributed by atoms with E-state index in [-0.39, 0.29) is 22.5 Å². The highest BCUT2D eigenvalue weighted by atomic mass is 35.5. The molecule has 3 atom stereocenters. The van der Waals surface area contributed by atoms with E-state index in [4.69, 9.17) is 26.2 Å². The van der Waals surface area contributed by atoms with Crippen LogP contribution in [0.15, 0.2) is 42.5 Å². The Bertz CT molecular complexity index is 936. The van der Waals surface area contributed by atoms with Gasteiger partial charge in [-0.2, -0.15) is 0 Å². The fourth-order valence-corrected chi connectivity index (χ4v) is 4.08. The third-order valence-electron chi connectivity index (χ3n) is 5.00. The molecule has 0 radical (unpaired) electrons. The molecule has 1 aliphatic heterocycles. The Morgan fingerprint density at radius 2 is 1.90 bits per heavy atom. The van der Waals surface area contributed by atoms with Crippen LogP contribution in [0.3, 0.4) is 0 Å². The SMILES string of the molecule is CC(=O)N[C@@]1(C)C[C@@H](c2ccc(F)cc2)O[C@@H](c2cccc(Cl)c2OCC(=O)O)C1. The van der Waals surface area contributed by atoms with E-state index in [0.717, 1.165) is 5.56 Å². The Hall–Kier alpha value is -2.64. The standard InChI is InChI=1S/C22H23ClFNO5/c1-13(26)25-22(2)10-18(14-6-8-15(24)9-7-14)30-19(11-22)16-4-3-5-17(23)21(16)29-12-20(27)28/h3-9,18-19H,10-12H2,1-2H3,(H,25,26)(H,27,28)/t18-,19+,22-/m0/s1. The summed E-state index contributed by atoms with van der Waals surface area (Å²) < 4.78 is 25.1. The van der Waals surface area contributed by atoms with Crippen molar-refractivity contribution in [2.24, 2.45) is 0 Å². The van der Waals surface area contributed by atoms with Gasteiger partial charge in [-0.15, -0.1) is 0 Å². The Kier molecular flexibility index (Phi) is 6.63. The number of carboxylic acids is 1. The van der Waals surface area contributed by atoms with E-state index >= 15 is 0 Å². The van der Waals surface area contributed by atoms with Gasteiger partial charge in [0.15, 0.2) is 6.61 Å². The zero-order valence-electron chi connectivity index (χ0n) is 16.7. The van der Waals surface area contributed by atoms with E-state index in [1.807, 2.05) is 6.92 Å². The number of ether oxygens (including phenoxy) is 2. The molecule has 0 spiro atoms. The number of carboxylic acid groups (broad SMARTS) is 1. The molecule has 1 amide bonds. The molecule has 0 aromatic heterocycles. The topological polar surface area (TPSA) is 84.9 Å². The van der Waals surface area contributed by atoms with Gasteiger partial charge in [0.25, 0.3) is 0 Å². The molecule has 1 aliphatic rings. The van der Waals surface area contributed by atoms with Gasteiger partial charge in [-0.25, -0.2) is 9.18 Å². The van der Waals surface area contributed by atoms with Crippen molar-refractivity contribution < 1.29 is 28.6 Å². The number of hydrogen-bond donors (Lipinski definition) is 2. The smallest absolute Gasteiger partial charge is 0.341 e. The molecule has 3 rings (SSSR count). The molecule has 2 aromatic rings. The van der Waals surface area contributed by atoms with Crippen LogP contribution in [0.2, 0.25) is 5.02 Å². The third kappa shape index (κ3) is 5.29. The van der Waals surface area contributed by atoms with Crippen molar-refractivity contribution in [2.75, 3.05) is 6.61 Å². The summed E-state index contributed by atoms with van der Waals surface area (Å²) in [6.45, 7) is 2.82. The Morgan fingerprint density at radius 1 is 1.23 bits per heavy atom. The third-order valence-corrected chi connectivity index (χ3v) is 5.30. The lowest BCUT2D eigenvalue weighted by atomic mass is 9.81. The molecular weight excluding hydrogens is 413 g/mol. The van der Waals surface area contributed by atoms with Crippen molar-refractivity contribution in [1.82, 2.24) is 5.32 Å². The zero-order chi connectivity index (χ0) is 21.9. The molecule has 2 N–H and O–H groups in total. The fourth-order valence-electron chi connectivity index (χ4n) is 3.85. The summed E-state index contributed by atoms with van der Waals surface area (Å²) in [5.74, 6) is -1.42. The Balaban J connectivity index is 1.98. The van der Waals surface area contributed by atoms with Crippen LogP contribution >= 0.6 is 11.6 Å². The van der Waals surface area contributed by atoms with Gasteiger partial charge in [0.05, 0.1) is 17.2 Å². The summed E-state index contributed by atoms with van der Waals surface area (Å²) in [6, 6.07) is 11.1. The maximum Gasteiger partial charge on any atom is 0.341 e. The van der Waals surface area contributed by atoms with Gasteiger partial charge in [0.2, 0.25) is 5.91 Å². The van der Waals surface area contributed by atoms with E-state index in [2.05, 4.69) is 5.32 Å². The van der Waals surface area contributed by atoms with Gasteiger partial charge in [-0.05, 0) is 30.7 Å². The molecule has 30 heavy (non-hydrogen) atoms. The van der Waals surface area contributed by atoms with Crippen molar-refractivity contribution in [3.8, 4) is 5.75 Å². The molecule has 0 saturated carbocycles. The van der Waals surface area contributed by atoms with E-state index in [9.17, 15) is 14.0 Å². The number of aliphatic carboxylic acids is 1. The molecule has 0 bridgehead atoms. The van der Waals surface area contributed by atoms with Crippen molar-refractivity contribution >= 4 is 23.5 Å². The lowest BCUT2D eigenvalue weighted by Crippen LogP contribution is -2.50. The molecular formula is C22H23ClFNO5. The van der Waals surface area contributed by atoms with Crippen molar-refractivity contribution in [2.45, 2.75) is 44.4 Å². The van der Waals surface area contributed by atoms with Gasteiger partial charge in [-0.1, -0.05) is 35.9 Å². The molecule has 0 aliphatic carbocycles. The lowest BCUT2D eigenvalue weighted by Gasteiger charge is -2.43. The number of halogens is 2. The van der Waals surface area contributed by atoms with E-state index in [0.29, 0.717) is 18.4 Å². The first-order chi connectivity index (χ1) is 14.2. The summed E-state index contributed by atoms with van der Waals surface area (Å²) in [7, 11) is 0. The average Bonchev–Trinajstić information content (AvgIpc) is 2.65. The number of nitrogens with one attached hydrogen (secondary N) is 1. The van der Waals surface area contributed by atoms with Gasteiger partial charge >= 0.3 is 5.97 Å². The van der Waals surface area contributed by atoms with E-state index in [1.54, 1.807) is 30.3 Å². The molecule has 1 saturated heterocycles. The summed E-state index contributed by atoms with van der Waals surface area (Å²) >= 11 is 6.27. The first-order valence-electron chi connectivity index (χ1n) is 9.49. The number of benzene rings is 2. The van der Waals surface area contributed by atoms with Crippen molar-refractivity contribution in [1.29, 1.82) is 0 Å². The monoisotopic (exact) mass is 435 g/mol. The van der Waals surface area contributed by atoms with Crippen LogP contribution in [0.1, 0.15) is 50.0 Å². The summed E-state index contributed by atoms with van der Waals surface area (Å²) in [5.41, 5.74) is 0.750. The van der Waals surface area contributed by atoms with E-state index in [1.165, 1.54) is 19.1 Å². The fraction of sp³-hybridized carbons (Fsp3) is 0.364. The number of hydrogen-bond acceptors (Lipinski definition) is 4. The van der Waals surface area contributed by atoms with Crippen LogP contribution in [0.4, 0.5) is 4.39 Å². The lowest BCUT2D eigenvalue weighted by molar-refractivity contribution is -0.139. The number of para-hydroxylation sites is 1. The van der Waals surface area contributed by atoms with Crippen LogP contribution in [0.25, 0.3) is 0 Å². The first-order valence-corrected chi connectivity index (χ1v) is 9.87. The van der Waals surface area contributed by atoms with Crippen LogP contribution in [-0.2, 0) is 14.3 Å². The highest BCUT2D eigenvalue weighted by molar-refractivity contribution is 6.32. The van der Waals surface area contributed by atoms with Crippen LogP contribution in [-0.4, -0.2) is 29.1 Å². The second kappa shape index (κ2) is 9.02. The van der Waals surface area contributed by atoms with Gasteiger partial charge in [0, 0.05) is 30.9 Å². The predicted molar refractivity (Wildman–Crippen MR) is 109 cm³/mol. The first kappa shape index (κ1) is 22.1. The number of carbonyl (C=O) groups is 2. The summed E-state index contributed by atoms with van der Waals surface area (Å²) in [6.07, 6.45) is -0.0464. The normalized spacial score (nSPS) is 23.6. The maximum absolute atomic E-state index is 13.4. The van der Waals surface area contributed by atoms with Gasteiger partial charge in [0.1, 0.15) is 11.6 Å². The van der Waals surface area contributed by atoms with Crippen LogP contribution in [0, 0.1) is 5.82 Å². The Labute approximate surface area is 178 Å². The minimum atomic E-state index is -1.13. The average molecular weight is 436 g/mol. The van der Waals surface area contributed by atoms with Gasteiger partial charge < -0.3 is 19.9 Å². The highest BCUT2D eigenvalue weighted by Crippen LogP contribution is 2.47. The minimum absolute atomic E-state index is 0.176. The minimum Gasteiger partial charge on any atom is -0.480 e. The quantitative estimate of drug-likeness (QED) is 0.701. The molecule has 160 valence electrons. The molecule has 0 unspecified atom stereocenters. The van der Waals surface area contributed by atoms with E-state index < -0.39 is 30.3 Å². The number of amides is 1. The zero-order valence-corrected chi connectivity index (χ0v) is 17.4. The Morgan fingerprint density at radius 3 is 2.53 bits per heavy atom. The van der Waals surface area contributed by atoms with Crippen LogP contribution < -0.4 is 10.1 Å². The van der Waals surface area contributed by atoms with Crippen molar-refractivity contribution in [3.05, 3.63) is 64.4 Å². The van der Waals surface area contributed by atoms with Gasteiger partial charge in [-0.3, -0.25) is 4.79 Å².